The van der Waals surface area contributed by atoms with Gasteiger partial charge in [0, 0.05) is 19.8 Å². The van der Waals surface area contributed by atoms with Gasteiger partial charge in [-0.25, -0.2) is 4.57 Å². The van der Waals surface area contributed by atoms with Gasteiger partial charge in [-0.1, -0.05) is 76.9 Å². The summed E-state index contributed by atoms with van der Waals surface area (Å²) in [5.74, 6) is 0. The number of phosphoric ester groups is 1. The maximum absolute atomic E-state index is 11.4. The third-order valence-electron chi connectivity index (χ3n) is 4.86. The fourth-order valence-corrected chi connectivity index (χ4v) is 3.87. The van der Waals surface area contributed by atoms with Crippen molar-refractivity contribution in [1.82, 2.24) is 0 Å². The molecule has 7 heteroatoms. The minimum absolute atomic E-state index is 0.0141. The minimum atomic E-state index is -3.94. The number of allylic oxidation sites excluding steroid dienone is 2. The summed E-state index contributed by atoms with van der Waals surface area (Å²) in [7, 11) is -3.94. The van der Waals surface area contributed by atoms with E-state index in [-0.39, 0.29) is 19.8 Å². The van der Waals surface area contributed by atoms with Gasteiger partial charge in [0.05, 0.1) is 13.2 Å². The molecule has 6 nitrogen and oxygen atoms in total. The third kappa shape index (κ3) is 24.0. The van der Waals surface area contributed by atoms with E-state index in [0.717, 1.165) is 13.0 Å². The Morgan fingerprint density at radius 2 is 1.20 bits per heavy atom. The van der Waals surface area contributed by atoms with E-state index in [0.29, 0.717) is 13.0 Å². The second-order valence-corrected chi connectivity index (χ2v) is 9.28. The Balaban J connectivity index is 3.19. The molecule has 180 valence electrons. The van der Waals surface area contributed by atoms with Gasteiger partial charge in [0.15, 0.2) is 0 Å². The van der Waals surface area contributed by atoms with Crippen molar-refractivity contribution >= 4 is 7.82 Å². The third-order valence-corrected chi connectivity index (χ3v) is 5.88. The van der Waals surface area contributed by atoms with Crippen molar-refractivity contribution in [2.24, 2.45) is 5.73 Å². The molecule has 3 N–H and O–H groups in total. The van der Waals surface area contributed by atoms with E-state index in [1.807, 2.05) is 0 Å². The topological polar surface area (TPSA) is 91.0 Å². The van der Waals surface area contributed by atoms with Crippen LogP contribution in [-0.4, -0.2) is 37.9 Å². The molecule has 0 aliphatic carbocycles. The van der Waals surface area contributed by atoms with E-state index in [9.17, 15) is 9.46 Å². The summed E-state index contributed by atoms with van der Waals surface area (Å²) in [6.07, 6.45) is 23.5. The summed E-state index contributed by atoms with van der Waals surface area (Å²) >= 11 is 0. The molecule has 30 heavy (non-hydrogen) atoms. The van der Waals surface area contributed by atoms with Crippen LogP contribution in [0.1, 0.15) is 103 Å². The van der Waals surface area contributed by atoms with Gasteiger partial charge in [-0.15, -0.1) is 0 Å². The summed E-state index contributed by atoms with van der Waals surface area (Å²) in [5.41, 5.74) is 5.21. The van der Waals surface area contributed by atoms with Crippen LogP contribution in [-0.2, 0) is 18.3 Å². The van der Waals surface area contributed by atoms with Crippen LogP contribution in [0.3, 0.4) is 0 Å². The summed E-state index contributed by atoms with van der Waals surface area (Å²) < 4.78 is 26.4. The summed E-state index contributed by atoms with van der Waals surface area (Å²) in [4.78, 5) is 9.32. The summed E-state index contributed by atoms with van der Waals surface area (Å²) in [5, 5.41) is 0. The van der Waals surface area contributed by atoms with Gasteiger partial charge >= 0.3 is 7.82 Å². The monoisotopic (exact) mass is 449 g/mol. The van der Waals surface area contributed by atoms with E-state index in [2.05, 4.69) is 23.6 Å². The first kappa shape index (κ1) is 29.8. The van der Waals surface area contributed by atoms with Crippen molar-refractivity contribution in [2.45, 2.75) is 103 Å². The lowest BCUT2D eigenvalue weighted by Crippen LogP contribution is -2.09. The van der Waals surface area contributed by atoms with Gasteiger partial charge in [0.25, 0.3) is 0 Å². The molecule has 0 radical (unpaired) electrons. The molecular formula is C23H48NO5P. The number of rotatable bonds is 24. The van der Waals surface area contributed by atoms with Crippen molar-refractivity contribution in [3.63, 3.8) is 0 Å². The Morgan fingerprint density at radius 1 is 0.700 bits per heavy atom. The Bertz CT molecular complexity index is 420. The molecule has 0 spiro atoms. The second kappa shape index (κ2) is 23.4. The molecule has 0 rings (SSSR count). The molecule has 0 bridgehead atoms. The number of phosphoric acid groups is 1. The van der Waals surface area contributed by atoms with Gasteiger partial charge in [0.1, 0.15) is 0 Å². The minimum Gasteiger partial charge on any atom is -0.381 e. The van der Waals surface area contributed by atoms with Gasteiger partial charge in [-0.3, -0.25) is 9.05 Å². The average Bonchev–Trinajstić information content (AvgIpc) is 2.73. The second-order valence-electron chi connectivity index (χ2n) is 7.83. The van der Waals surface area contributed by atoms with Gasteiger partial charge < -0.3 is 15.4 Å². The van der Waals surface area contributed by atoms with Crippen molar-refractivity contribution in [1.29, 1.82) is 0 Å². The van der Waals surface area contributed by atoms with Crippen LogP contribution in [0.15, 0.2) is 12.2 Å². The number of hydrogen-bond acceptors (Lipinski definition) is 5. The molecule has 0 saturated carbocycles. The van der Waals surface area contributed by atoms with Crippen LogP contribution in [0.5, 0.6) is 0 Å². The molecule has 1 unspecified atom stereocenters. The number of nitrogens with two attached hydrogens (primary N) is 1. The van der Waals surface area contributed by atoms with E-state index in [1.54, 1.807) is 0 Å². The maximum Gasteiger partial charge on any atom is 0.472 e. The molecule has 0 aliphatic heterocycles. The Morgan fingerprint density at radius 3 is 1.80 bits per heavy atom. The molecule has 0 amide bonds. The first-order valence-corrected chi connectivity index (χ1v) is 13.7. The van der Waals surface area contributed by atoms with E-state index in [4.69, 9.17) is 15.0 Å². The van der Waals surface area contributed by atoms with Crippen molar-refractivity contribution in [3.05, 3.63) is 12.2 Å². The average molecular weight is 450 g/mol. The highest BCUT2D eigenvalue weighted by Crippen LogP contribution is 2.42. The van der Waals surface area contributed by atoms with Gasteiger partial charge in [0.2, 0.25) is 0 Å². The van der Waals surface area contributed by atoms with E-state index in [1.165, 1.54) is 83.5 Å². The van der Waals surface area contributed by atoms with E-state index < -0.39 is 7.82 Å². The van der Waals surface area contributed by atoms with Crippen molar-refractivity contribution in [3.8, 4) is 0 Å². The Kier molecular flexibility index (Phi) is 23.3. The Hall–Kier alpha value is -0.230. The highest BCUT2D eigenvalue weighted by atomic mass is 31.2. The van der Waals surface area contributed by atoms with Crippen LogP contribution < -0.4 is 5.73 Å². The standard InChI is InChI=1S/C23H48NO5P/c1-2-3-4-5-6-7-8-9-10-11-12-13-14-15-16-17-20-27-21-18-22-28-30(25,26)29-23-19-24/h9-10H,2-8,11-24H2,1H3,(H,25,26)/b10-9-. The lowest BCUT2D eigenvalue weighted by molar-refractivity contribution is 0.102. The lowest BCUT2D eigenvalue weighted by atomic mass is 10.1. The molecule has 0 saturated heterocycles. The molecule has 0 heterocycles. The molecule has 0 aromatic rings. The predicted octanol–water partition coefficient (Wildman–Crippen LogP) is 6.52. The zero-order valence-corrected chi connectivity index (χ0v) is 20.3. The van der Waals surface area contributed by atoms with Gasteiger partial charge in [-0.05, 0) is 38.5 Å². The Labute approximate surface area is 185 Å². The number of ether oxygens (including phenoxy) is 1. The van der Waals surface area contributed by atoms with Crippen LogP contribution in [0, 0.1) is 0 Å². The molecular weight excluding hydrogens is 401 g/mol. The van der Waals surface area contributed by atoms with Crippen LogP contribution in [0.2, 0.25) is 0 Å². The zero-order chi connectivity index (χ0) is 22.2. The maximum atomic E-state index is 11.4. The first-order chi connectivity index (χ1) is 14.6. The van der Waals surface area contributed by atoms with Crippen LogP contribution in [0.4, 0.5) is 0 Å². The normalized spacial score (nSPS) is 13.8. The lowest BCUT2D eigenvalue weighted by Gasteiger charge is -2.11. The largest absolute Gasteiger partial charge is 0.472 e. The number of hydrogen-bond donors (Lipinski definition) is 2. The fraction of sp³-hybridized carbons (Fsp3) is 0.913. The quantitative estimate of drug-likeness (QED) is 0.0990. The smallest absolute Gasteiger partial charge is 0.381 e. The molecule has 0 aromatic heterocycles. The number of unbranched alkanes of at least 4 members (excludes halogenated alkanes) is 12. The molecule has 1 atom stereocenters. The molecule has 0 aromatic carbocycles. The van der Waals surface area contributed by atoms with Gasteiger partial charge in [-0.2, -0.15) is 0 Å². The van der Waals surface area contributed by atoms with Crippen molar-refractivity contribution in [2.75, 3.05) is 33.0 Å². The van der Waals surface area contributed by atoms with Crippen LogP contribution >= 0.6 is 7.82 Å². The SMILES string of the molecule is CCCCCCCC/C=C\CCCCCCCCOCCCOP(=O)(O)OCCN. The highest BCUT2D eigenvalue weighted by molar-refractivity contribution is 7.47. The summed E-state index contributed by atoms with van der Waals surface area (Å²) in [6.45, 7) is 3.88. The molecule has 0 fully saturated rings. The molecule has 0 aliphatic rings. The fourth-order valence-electron chi connectivity index (χ4n) is 3.10. The van der Waals surface area contributed by atoms with E-state index >= 15 is 0 Å². The van der Waals surface area contributed by atoms with Crippen LogP contribution in [0.25, 0.3) is 0 Å². The summed E-state index contributed by atoms with van der Waals surface area (Å²) in [6, 6.07) is 0. The zero-order valence-electron chi connectivity index (χ0n) is 19.4. The first-order valence-electron chi connectivity index (χ1n) is 12.2. The van der Waals surface area contributed by atoms with Crippen molar-refractivity contribution < 1.29 is 23.2 Å². The highest BCUT2D eigenvalue weighted by Gasteiger charge is 2.19. The predicted molar refractivity (Wildman–Crippen MR) is 126 cm³/mol.